The number of aromatic nitrogens is 2. The molecule has 3 rings (SSSR count). The van der Waals surface area contributed by atoms with Crippen LogP contribution in [0.2, 0.25) is 0 Å². The summed E-state index contributed by atoms with van der Waals surface area (Å²) in [7, 11) is 2.97. The van der Waals surface area contributed by atoms with Crippen molar-refractivity contribution in [3.8, 4) is 11.5 Å². The number of nitro benzene ring substituents is 1. The fourth-order valence-electron chi connectivity index (χ4n) is 2.38. The average molecular weight is 388 g/mol. The highest BCUT2D eigenvalue weighted by Gasteiger charge is 2.14. The maximum Gasteiger partial charge on any atom is 0.273 e. The summed E-state index contributed by atoms with van der Waals surface area (Å²) >= 11 is 1.24. The number of anilines is 1. The second-order valence-electron chi connectivity index (χ2n) is 5.40. The van der Waals surface area contributed by atoms with Gasteiger partial charge in [-0.3, -0.25) is 14.9 Å². The third-order valence-corrected chi connectivity index (χ3v) is 4.55. The first kappa shape index (κ1) is 18.5. The quantitative estimate of drug-likeness (QED) is 0.362. The van der Waals surface area contributed by atoms with Gasteiger partial charge in [-0.2, -0.15) is 0 Å². The molecule has 27 heavy (non-hydrogen) atoms. The highest BCUT2D eigenvalue weighted by molar-refractivity contribution is 7.99. The molecule has 0 spiro atoms. The Bertz CT molecular complexity index is 1000. The van der Waals surface area contributed by atoms with Gasteiger partial charge in [0.2, 0.25) is 5.91 Å². The van der Waals surface area contributed by atoms with Crippen molar-refractivity contribution in [1.29, 1.82) is 0 Å². The van der Waals surface area contributed by atoms with E-state index >= 15 is 0 Å². The van der Waals surface area contributed by atoms with Crippen LogP contribution in [0.15, 0.2) is 41.6 Å². The van der Waals surface area contributed by atoms with Crippen LogP contribution in [-0.4, -0.2) is 40.8 Å². The van der Waals surface area contributed by atoms with Crippen LogP contribution in [0.4, 0.5) is 11.4 Å². The summed E-state index contributed by atoms with van der Waals surface area (Å²) in [6, 6.07) is 9.47. The molecule has 1 amide bonds. The highest BCUT2D eigenvalue weighted by Crippen LogP contribution is 2.29. The smallest absolute Gasteiger partial charge is 0.273 e. The molecule has 0 saturated heterocycles. The Morgan fingerprint density at radius 1 is 1.26 bits per heavy atom. The summed E-state index contributed by atoms with van der Waals surface area (Å²) in [5.74, 6) is 0.756. The number of fused-ring (bicyclic) bond motifs is 1. The van der Waals surface area contributed by atoms with Crippen molar-refractivity contribution in [3.63, 3.8) is 0 Å². The minimum atomic E-state index is -0.527. The van der Waals surface area contributed by atoms with E-state index in [1.54, 1.807) is 7.11 Å². The van der Waals surface area contributed by atoms with Gasteiger partial charge >= 0.3 is 0 Å². The number of nitro groups is 1. The third kappa shape index (κ3) is 4.29. The predicted molar refractivity (Wildman–Crippen MR) is 102 cm³/mol. The molecule has 1 aromatic heterocycles. The Kier molecular flexibility index (Phi) is 5.46. The van der Waals surface area contributed by atoms with Crippen molar-refractivity contribution in [2.45, 2.75) is 5.16 Å². The second-order valence-corrected chi connectivity index (χ2v) is 6.37. The third-order valence-electron chi connectivity index (χ3n) is 3.68. The van der Waals surface area contributed by atoms with Gasteiger partial charge in [-0.1, -0.05) is 11.8 Å². The topological polar surface area (TPSA) is 119 Å². The molecule has 1 heterocycles. The number of nitrogens with one attached hydrogen (secondary N) is 2. The van der Waals surface area contributed by atoms with E-state index in [9.17, 15) is 14.9 Å². The van der Waals surface area contributed by atoms with Crippen molar-refractivity contribution < 1.29 is 19.2 Å². The maximum atomic E-state index is 12.2. The first-order valence-electron chi connectivity index (χ1n) is 7.79. The molecule has 0 aliphatic carbocycles. The molecule has 0 aliphatic rings. The largest absolute Gasteiger partial charge is 0.497 e. The van der Waals surface area contributed by atoms with Gasteiger partial charge < -0.3 is 19.8 Å². The van der Waals surface area contributed by atoms with Gasteiger partial charge in [0, 0.05) is 12.1 Å². The van der Waals surface area contributed by atoms with E-state index in [-0.39, 0.29) is 23.1 Å². The molecular weight excluding hydrogens is 372 g/mol. The first-order valence-corrected chi connectivity index (χ1v) is 8.77. The number of carbonyl (C=O) groups excluding carboxylic acids is 1. The van der Waals surface area contributed by atoms with Crippen LogP contribution < -0.4 is 14.8 Å². The van der Waals surface area contributed by atoms with Crippen molar-refractivity contribution in [3.05, 3.63) is 46.5 Å². The van der Waals surface area contributed by atoms with E-state index in [4.69, 9.17) is 9.47 Å². The number of methoxy groups -OCH3 is 2. The Morgan fingerprint density at radius 2 is 2.07 bits per heavy atom. The lowest BCUT2D eigenvalue weighted by Gasteiger charge is -2.09. The van der Waals surface area contributed by atoms with E-state index in [0.29, 0.717) is 16.6 Å². The van der Waals surface area contributed by atoms with Crippen LogP contribution in [0.5, 0.6) is 11.5 Å². The maximum absolute atomic E-state index is 12.2. The van der Waals surface area contributed by atoms with Crippen LogP contribution in [0, 0.1) is 10.1 Å². The standard InChI is InChI=1S/C17H16N4O5S/c1-25-11-4-6-12-14(8-11)20-17(19-12)27-9-16(22)18-13-5-3-10(21(23)24)7-15(13)26-2/h3-8H,9H2,1-2H3,(H,18,22)(H,19,20). The number of imidazole rings is 1. The van der Waals surface area contributed by atoms with Gasteiger partial charge in [-0.05, 0) is 18.2 Å². The number of non-ortho nitro benzene ring substituents is 1. The zero-order valence-corrected chi connectivity index (χ0v) is 15.3. The van der Waals surface area contributed by atoms with E-state index in [0.717, 1.165) is 11.0 Å². The van der Waals surface area contributed by atoms with Crippen molar-refractivity contribution in [2.24, 2.45) is 0 Å². The van der Waals surface area contributed by atoms with Crippen LogP contribution in [0.3, 0.4) is 0 Å². The van der Waals surface area contributed by atoms with Crippen LogP contribution >= 0.6 is 11.8 Å². The van der Waals surface area contributed by atoms with E-state index in [1.807, 2.05) is 18.2 Å². The van der Waals surface area contributed by atoms with Crippen molar-refractivity contribution in [2.75, 3.05) is 25.3 Å². The number of hydrogen-bond donors (Lipinski definition) is 2. The Morgan fingerprint density at radius 3 is 2.78 bits per heavy atom. The number of nitrogens with zero attached hydrogens (tertiary/aromatic N) is 2. The van der Waals surface area contributed by atoms with Gasteiger partial charge in [-0.25, -0.2) is 4.98 Å². The number of hydrogen-bond acceptors (Lipinski definition) is 7. The summed E-state index contributed by atoms with van der Waals surface area (Å²) in [4.78, 5) is 30.0. The molecule has 10 heteroatoms. The molecule has 0 fully saturated rings. The minimum absolute atomic E-state index is 0.108. The molecule has 0 atom stereocenters. The van der Waals surface area contributed by atoms with Gasteiger partial charge in [0.25, 0.3) is 5.69 Å². The number of amides is 1. The van der Waals surface area contributed by atoms with Gasteiger partial charge in [0.05, 0.1) is 47.7 Å². The molecule has 9 nitrogen and oxygen atoms in total. The summed E-state index contributed by atoms with van der Waals surface area (Å²) in [6.07, 6.45) is 0. The highest BCUT2D eigenvalue weighted by atomic mass is 32.2. The SMILES string of the molecule is COc1ccc2nc(SCC(=O)Nc3ccc([N+](=O)[O-])cc3OC)[nH]c2c1. The normalized spacial score (nSPS) is 10.6. The van der Waals surface area contributed by atoms with Crippen molar-refractivity contribution in [1.82, 2.24) is 9.97 Å². The Labute approximate surface area is 158 Å². The predicted octanol–water partition coefficient (Wildman–Crippen LogP) is 3.22. The molecule has 2 aromatic carbocycles. The number of H-pyrrole nitrogens is 1. The molecule has 3 aromatic rings. The number of thioether (sulfide) groups is 1. The van der Waals surface area contributed by atoms with Gasteiger partial charge in [0.1, 0.15) is 11.5 Å². The Hall–Kier alpha value is -3.27. The van der Waals surface area contributed by atoms with Gasteiger partial charge in [-0.15, -0.1) is 0 Å². The number of rotatable bonds is 7. The number of carbonyl (C=O) groups is 1. The Balaban J connectivity index is 1.65. The fourth-order valence-corrected chi connectivity index (χ4v) is 3.06. The van der Waals surface area contributed by atoms with Crippen LogP contribution in [0.25, 0.3) is 11.0 Å². The summed E-state index contributed by atoms with van der Waals surface area (Å²) in [6.45, 7) is 0. The molecule has 0 bridgehead atoms. The zero-order valence-electron chi connectivity index (χ0n) is 14.5. The van der Waals surface area contributed by atoms with E-state index in [2.05, 4.69) is 15.3 Å². The molecule has 0 saturated carbocycles. The lowest BCUT2D eigenvalue weighted by Crippen LogP contribution is -2.14. The molecular formula is C17H16N4O5S. The number of aromatic amines is 1. The fraction of sp³-hybridized carbons (Fsp3) is 0.176. The monoisotopic (exact) mass is 388 g/mol. The summed E-state index contributed by atoms with van der Waals surface area (Å²) in [5, 5.41) is 14.1. The molecule has 0 unspecified atom stereocenters. The molecule has 2 N–H and O–H groups in total. The number of benzene rings is 2. The molecule has 140 valence electrons. The average Bonchev–Trinajstić information content (AvgIpc) is 3.08. The van der Waals surface area contributed by atoms with E-state index in [1.165, 1.54) is 37.1 Å². The van der Waals surface area contributed by atoms with Crippen molar-refractivity contribution >= 4 is 40.1 Å². The zero-order chi connectivity index (χ0) is 19.4. The van der Waals surface area contributed by atoms with Crippen LogP contribution in [0.1, 0.15) is 0 Å². The molecule has 0 aliphatic heterocycles. The molecule has 0 radical (unpaired) electrons. The number of ether oxygens (including phenoxy) is 2. The first-order chi connectivity index (χ1) is 13.0. The van der Waals surface area contributed by atoms with Gasteiger partial charge in [0.15, 0.2) is 5.16 Å². The minimum Gasteiger partial charge on any atom is -0.497 e. The lowest BCUT2D eigenvalue weighted by atomic mass is 10.2. The lowest BCUT2D eigenvalue weighted by molar-refractivity contribution is -0.384. The van der Waals surface area contributed by atoms with Crippen LogP contribution in [-0.2, 0) is 4.79 Å². The second kappa shape index (κ2) is 7.96. The summed E-state index contributed by atoms with van der Waals surface area (Å²) in [5.41, 5.74) is 1.84. The summed E-state index contributed by atoms with van der Waals surface area (Å²) < 4.78 is 10.3. The van der Waals surface area contributed by atoms with E-state index < -0.39 is 4.92 Å².